The predicted molar refractivity (Wildman–Crippen MR) is 128 cm³/mol. The fourth-order valence-corrected chi connectivity index (χ4v) is 3.62. The standard InChI is InChI=1S/C27H28N2O5/c30-26(29-17-15-28(16-18-29)19-20-32-23-7-3-1-4-8-23)21-33-27(31)22-11-13-25(14-12-22)34-24-9-5-2-6-10-24/h1-14H,15-21H2. The van der Waals surface area contributed by atoms with Crippen molar-refractivity contribution < 1.29 is 23.8 Å². The molecule has 0 radical (unpaired) electrons. The molecule has 176 valence electrons. The molecule has 1 heterocycles. The smallest absolute Gasteiger partial charge is 0.338 e. The molecule has 7 heteroatoms. The third-order valence-electron chi connectivity index (χ3n) is 5.54. The highest BCUT2D eigenvalue weighted by Crippen LogP contribution is 2.21. The zero-order valence-electron chi connectivity index (χ0n) is 19.0. The zero-order valence-corrected chi connectivity index (χ0v) is 19.0. The van der Waals surface area contributed by atoms with Crippen molar-refractivity contribution in [1.82, 2.24) is 9.80 Å². The van der Waals surface area contributed by atoms with Gasteiger partial charge in [0, 0.05) is 32.7 Å². The van der Waals surface area contributed by atoms with Crippen molar-refractivity contribution in [3.63, 3.8) is 0 Å². The number of carbonyl (C=O) groups excluding carboxylic acids is 2. The number of carbonyl (C=O) groups is 2. The molecule has 4 rings (SSSR count). The second kappa shape index (κ2) is 11.9. The highest BCUT2D eigenvalue weighted by Gasteiger charge is 2.22. The fourth-order valence-electron chi connectivity index (χ4n) is 3.62. The van der Waals surface area contributed by atoms with E-state index in [1.165, 1.54) is 0 Å². The van der Waals surface area contributed by atoms with Gasteiger partial charge < -0.3 is 19.1 Å². The number of hydrogen-bond donors (Lipinski definition) is 0. The molecular weight excluding hydrogens is 432 g/mol. The van der Waals surface area contributed by atoms with Crippen LogP contribution in [0, 0.1) is 0 Å². The van der Waals surface area contributed by atoms with Crippen LogP contribution in [0.25, 0.3) is 0 Å². The molecule has 0 bridgehead atoms. The van der Waals surface area contributed by atoms with Crippen molar-refractivity contribution in [2.24, 2.45) is 0 Å². The van der Waals surface area contributed by atoms with E-state index in [-0.39, 0.29) is 12.5 Å². The van der Waals surface area contributed by atoms with E-state index in [0.29, 0.717) is 36.8 Å². The van der Waals surface area contributed by atoms with Gasteiger partial charge in [-0.3, -0.25) is 9.69 Å². The summed E-state index contributed by atoms with van der Waals surface area (Å²) in [4.78, 5) is 28.8. The van der Waals surface area contributed by atoms with Crippen molar-refractivity contribution in [3.05, 3.63) is 90.5 Å². The molecule has 0 spiro atoms. The lowest BCUT2D eigenvalue weighted by Gasteiger charge is -2.34. The van der Waals surface area contributed by atoms with Gasteiger partial charge in [0.1, 0.15) is 23.9 Å². The van der Waals surface area contributed by atoms with E-state index in [2.05, 4.69) is 4.90 Å². The zero-order chi connectivity index (χ0) is 23.6. The number of esters is 1. The highest BCUT2D eigenvalue weighted by atomic mass is 16.5. The summed E-state index contributed by atoms with van der Waals surface area (Å²) in [6, 6.07) is 25.8. The first kappa shape index (κ1) is 23.3. The number of rotatable bonds is 9. The molecule has 7 nitrogen and oxygen atoms in total. The Kier molecular flexibility index (Phi) is 8.13. The van der Waals surface area contributed by atoms with Crippen LogP contribution in [0.1, 0.15) is 10.4 Å². The lowest BCUT2D eigenvalue weighted by molar-refractivity contribution is -0.136. The number of amides is 1. The number of benzene rings is 3. The molecule has 3 aromatic carbocycles. The van der Waals surface area contributed by atoms with Gasteiger partial charge in [-0.15, -0.1) is 0 Å². The minimum Gasteiger partial charge on any atom is -0.492 e. The Hall–Kier alpha value is -3.84. The van der Waals surface area contributed by atoms with E-state index in [1.807, 2.05) is 60.7 Å². The Morgan fingerprint density at radius 3 is 1.94 bits per heavy atom. The molecule has 34 heavy (non-hydrogen) atoms. The van der Waals surface area contributed by atoms with Crippen LogP contribution in [0.3, 0.4) is 0 Å². The Labute approximate surface area is 199 Å². The maximum Gasteiger partial charge on any atom is 0.338 e. The van der Waals surface area contributed by atoms with E-state index in [4.69, 9.17) is 14.2 Å². The van der Waals surface area contributed by atoms with Gasteiger partial charge >= 0.3 is 5.97 Å². The van der Waals surface area contributed by atoms with Gasteiger partial charge in [-0.2, -0.15) is 0 Å². The van der Waals surface area contributed by atoms with Crippen molar-refractivity contribution >= 4 is 11.9 Å². The van der Waals surface area contributed by atoms with Crippen molar-refractivity contribution in [2.45, 2.75) is 0 Å². The van der Waals surface area contributed by atoms with Crippen molar-refractivity contribution in [3.8, 4) is 17.2 Å². The monoisotopic (exact) mass is 460 g/mol. The molecule has 0 unspecified atom stereocenters. The van der Waals surface area contributed by atoms with E-state index in [9.17, 15) is 9.59 Å². The second-order valence-electron chi connectivity index (χ2n) is 7.90. The van der Waals surface area contributed by atoms with E-state index in [0.717, 1.165) is 25.4 Å². The van der Waals surface area contributed by atoms with Crippen LogP contribution in [0.4, 0.5) is 0 Å². The Bertz CT molecular complexity index is 1050. The Balaban J connectivity index is 1.15. The predicted octanol–water partition coefficient (Wildman–Crippen LogP) is 3.86. The first-order valence-electron chi connectivity index (χ1n) is 11.4. The average Bonchev–Trinajstić information content (AvgIpc) is 2.89. The van der Waals surface area contributed by atoms with Gasteiger partial charge in [-0.1, -0.05) is 36.4 Å². The minimum atomic E-state index is -0.531. The maximum absolute atomic E-state index is 12.5. The summed E-state index contributed by atoms with van der Waals surface area (Å²) < 4.78 is 16.7. The van der Waals surface area contributed by atoms with Gasteiger partial charge in [-0.05, 0) is 48.5 Å². The summed E-state index contributed by atoms with van der Waals surface area (Å²) in [5, 5.41) is 0. The molecule has 0 N–H and O–H groups in total. The number of piperazine rings is 1. The molecular formula is C27H28N2O5. The molecule has 0 saturated carbocycles. The van der Waals surface area contributed by atoms with Gasteiger partial charge in [0.25, 0.3) is 5.91 Å². The van der Waals surface area contributed by atoms with Gasteiger partial charge in [0.2, 0.25) is 0 Å². The first-order valence-corrected chi connectivity index (χ1v) is 11.4. The van der Waals surface area contributed by atoms with E-state index in [1.54, 1.807) is 29.2 Å². The van der Waals surface area contributed by atoms with Gasteiger partial charge in [0.05, 0.1) is 5.56 Å². The van der Waals surface area contributed by atoms with Gasteiger partial charge in [0.15, 0.2) is 6.61 Å². The maximum atomic E-state index is 12.5. The van der Waals surface area contributed by atoms with Crippen molar-refractivity contribution in [1.29, 1.82) is 0 Å². The van der Waals surface area contributed by atoms with Crippen molar-refractivity contribution in [2.75, 3.05) is 45.9 Å². The summed E-state index contributed by atoms with van der Waals surface area (Å²) in [7, 11) is 0. The first-order chi connectivity index (χ1) is 16.7. The summed E-state index contributed by atoms with van der Waals surface area (Å²) in [6.45, 7) is 3.88. The molecule has 1 fully saturated rings. The summed E-state index contributed by atoms with van der Waals surface area (Å²) in [6.07, 6.45) is 0. The molecule has 0 atom stereocenters. The SMILES string of the molecule is O=C(OCC(=O)N1CCN(CCOc2ccccc2)CC1)c1ccc(Oc2ccccc2)cc1. The molecule has 0 aromatic heterocycles. The topological polar surface area (TPSA) is 68.3 Å². The summed E-state index contributed by atoms with van der Waals surface area (Å²) >= 11 is 0. The number of hydrogen-bond acceptors (Lipinski definition) is 6. The Morgan fingerprint density at radius 1 is 0.706 bits per heavy atom. The molecule has 1 saturated heterocycles. The lowest BCUT2D eigenvalue weighted by atomic mass is 10.2. The van der Waals surface area contributed by atoms with Crippen LogP contribution in [-0.2, 0) is 9.53 Å². The third-order valence-corrected chi connectivity index (χ3v) is 5.54. The second-order valence-corrected chi connectivity index (χ2v) is 7.90. The number of nitrogens with zero attached hydrogens (tertiary/aromatic N) is 2. The van der Waals surface area contributed by atoms with E-state index < -0.39 is 5.97 Å². The molecule has 1 amide bonds. The fraction of sp³-hybridized carbons (Fsp3) is 0.259. The molecule has 1 aliphatic rings. The molecule has 3 aromatic rings. The average molecular weight is 461 g/mol. The lowest BCUT2D eigenvalue weighted by Crippen LogP contribution is -2.50. The summed E-state index contributed by atoms with van der Waals surface area (Å²) in [5.74, 6) is 1.48. The highest BCUT2D eigenvalue weighted by molar-refractivity contribution is 5.91. The quantitative estimate of drug-likeness (QED) is 0.452. The molecule has 1 aliphatic heterocycles. The van der Waals surface area contributed by atoms with Crippen LogP contribution in [0.2, 0.25) is 0 Å². The van der Waals surface area contributed by atoms with Crippen LogP contribution in [0.5, 0.6) is 17.2 Å². The van der Waals surface area contributed by atoms with Gasteiger partial charge in [-0.25, -0.2) is 4.79 Å². The summed E-state index contributed by atoms with van der Waals surface area (Å²) in [5.41, 5.74) is 0.372. The van der Waals surface area contributed by atoms with Crippen LogP contribution in [0.15, 0.2) is 84.9 Å². The van der Waals surface area contributed by atoms with Crippen LogP contribution in [-0.4, -0.2) is 67.6 Å². The largest absolute Gasteiger partial charge is 0.492 e. The van der Waals surface area contributed by atoms with E-state index >= 15 is 0 Å². The minimum absolute atomic E-state index is 0.183. The van der Waals surface area contributed by atoms with Crippen LogP contribution >= 0.6 is 0 Å². The number of ether oxygens (including phenoxy) is 3. The third kappa shape index (κ3) is 6.83. The number of para-hydroxylation sites is 2. The normalized spacial score (nSPS) is 13.8. The molecule has 0 aliphatic carbocycles. The Morgan fingerprint density at radius 2 is 1.29 bits per heavy atom. The van der Waals surface area contributed by atoms with Crippen LogP contribution < -0.4 is 9.47 Å².